The van der Waals surface area contributed by atoms with Crippen LogP contribution in [0.3, 0.4) is 0 Å². The molecule has 0 aliphatic rings. The third-order valence-corrected chi connectivity index (χ3v) is 3.78. The Bertz CT molecular complexity index is 780. The van der Waals surface area contributed by atoms with Crippen molar-refractivity contribution in [3.8, 4) is 5.75 Å². The van der Waals surface area contributed by atoms with Crippen molar-refractivity contribution in [2.24, 2.45) is 12.8 Å². The van der Waals surface area contributed by atoms with Crippen LogP contribution in [0.15, 0.2) is 54.7 Å². The average molecular weight is 337 g/mol. The minimum Gasteiger partial charge on any atom is -0.370 e. The molecule has 23 heavy (non-hydrogen) atoms. The number of rotatable bonds is 6. The van der Waals surface area contributed by atoms with Crippen LogP contribution >= 0.6 is 0 Å². The van der Waals surface area contributed by atoms with E-state index >= 15 is 0 Å². The van der Waals surface area contributed by atoms with E-state index in [1.54, 1.807) is 54.2 Å². The summed E-state index contributed by atoms with van der Waals surface area (Å²) in [5.41, 5.74) is 5.91. The van der Waals surface area contributed by atoms with Gasteiger partial charge in [-0.1, -0.05) is 29.1 Å². The number of urea groups is 1. The highest BCUT2D eigenvalue weighted by molar-refractivity contribution is 7.85. The van der Waals surface area contributed by atoms with Crippen LogP contribution < -0.4 is 19.3 Å². The van der Waals surface area contributed by atoms with Crippen molar-refractivity contribution < 1.29 is 22.0 Å². The van der Waals surface area contributed by atoms with E-state index in [2.05, 4.69) is 0 Å². The summed E-state index contributed by atoms with van der Waals surface area (Å²) in [7, 11) is -2.48. The number of hydrazine groups is 1. The van der Waals surface area contributed by atoms with Crippen molar-refractivity contribution in [1.82, 2.24) is 9.84 Å². The van der Waals surface area contributed by atoms with Crippen LogP contribution in [0, 0.1) is 0 Å². The van der Waals surface area contributed by atoms with Crippen LogP contribution in [0.2, 0.25) is 0 Å². The highest BCUT2D eigenvalue weighted by Crippen LogP contribution is 2.11. The molecule has 9 heteroatoms. The maximum atomic E-state index is 12.0. The summed E-state index contributed by atoms with van der Waals surface area (Å²) in [5.74, 6) is 0.120. The number of primary amides is 1. The minimum absolute atomic E-state index is 0.0515. The first-order valence-corrected chi connectivity index (χ1v) is 8.05. The Morgan fingerprint density at radius 3 is 2.48 bits per heavy atom. The molecular weight excluding hydrogens is 320 g/mol. The fourth-order valence-corrected chi connectivity index (χ4v) is 2.62. The van der Waals surface area contributed by atoms with Gasteiger partial charge in [0.15, 0.2) is 6.20 Å². The lowest BCUT2D eigenvalue weighted by Crippen LogP contribution is -2.51. The highest BCUT2D eigenvalue weighted by atomic mass is 32.2. The summed E-state index contributed by atoms with van der Waals surface area (Å²) < 4.78 is 30.6. The van der Waals surface area contributed by atoms with E-state index in [-0.39, 0.29) is 12.3 Å². The largest absolute Gasteiger partial charge is 0.400 e. The van der Waals surface area contributed by atoms with Crippen LogP contribution in [0.4, 0.5) is 4.79 Å². The molecule has 0 aliphatic heterocycles. The van der Waals surface area contributed by atoms with Crippen LogP contribution in [0.1, 0.15) is 5.69 Å². The Morgan fingerprint density at radius 1 is 1.22 bits per heavy atom. The van der Waals surface area contributed by atoms with E-state index < -0.39 is 16.3 Å². The lowest BCUT2D eigenvalue weighted by molar-refractivity contribution is -0.680. The van der Waals surface area contributed by atoms with Crippen molar-refractivity contribution in [3.63, 3.8) is 0 Å². The summed E-state index contributed by atoms with van der Waals surface area (Å²) in [6, 6.07) is 12.3. The van der Waals surface area contributed by atoms with Gasteiger partial charge in [0.1, 0.15) is 19.3 Å². The summed E-state index contributed by atoms with van der Waals surface area (Å²) in [4.78, 5) is 13.5. The van der Waals surface area contributed by atoms with Gasteiger partial charge in [-0.05, 0) is 12.1 Å². The van der Waals surface area contributed by atoms with Crippen LogP contribution in [-0.2, 0) is 23.9 Å². The Hall–Kier alpha value is -2.65. The Balaban J connectivity index is 2.13. The van der Waals surface area contributed by atoms with Crippen LogP contribution in [-0.4, -0.2) is 19.5 Å². The normalized spacial score (nSPS) is 11.0. The van der Waals surface area contributed by atoms with Crippen molar-refractivity contribution in [2.75, 3.05) is 0 Å². The molecule has 0 bridgehead atoms. The number of nitrogens with zero attached hydrogens (tertiary/aromatic N) is 2. The molecule has 0 spiro atoms. The molecule has 1 aromatic heterocycles. The van der Waals surface area contributed by atoms with Gasteiger partial charge in [0.25, 0.3) is 0 Å². The SMILES string of the molecule is C[n+]1ccccc1CN(NS(=O)(=O)Oc1ccccc1)C(N)=O. The number of aromatic nitrogens is 1. The van der Waals surface area contributed by atoms with E-state index in [0.717, 1.165) is 5.01 Å². The fourth-order valence-electron chi connectivity index (χ4n) is 1.80. The van der Waals surface area contributed by atoms with Crippen LogP contribution in [0.25, 0.3) is 0 Å². The number of carbonyl (C=O) groups excluding carboxylic acids is 1. The fraction of sp³-hybridized carbons (Fsp3) is 0.143. The average Bonchev–Trinajstić information content (AvgIpc) is 2.49. The maximum Gasteiger partial charge on any atom is 0.400 e. The molecule has 0 aliphatic carbocycles. The molecule has 0 unspecified atom stereocenters. The third-order valence-electron chi connectivity index (χ3n) is 2.92. The lowest BCUT2D eigenvalue weighted by Gasteiger charge is -2.19. The zero-order valence-corrected chi connectivity index (χ0v) is 13.2. The van der Waals surface area contributed by atoms with Gasteiger partial charge in [-0.15, -0.1) is 0 Å². The topological polar surface area (TPSA) is 106 Å². The molecule has 0 radical (unpaired) electrons. The van der Waals surface area contributed by atoms with Gasteiger partial charge in [0.2, 0.25) is 5.69 Å². The van der Waals surface area contributed by atoms with Crippen molar-refractivity contribution in [1.29, 1.82) is 0 Å². The molecule has 122 valence electrons. The second-order valence-electron chi connectivity index (χ2n) is 4.67. The zero-order valence-electron chi connectivity index (χ0n) is 12.4. The molecule has 2 amide bonds. The molecule has 1 aromatic carbocycles. The molecule has 2 rings (SSSR count). The van der Waals surface area contributed by atoms with Crippen molar-refractivity contribution >= 4 is 16.3 Å². The smallest absolute Gasteiger partial charge is 0.370 e. The molecule has 3 N–H and O–H groups in total. The number of pyridine rings is 1. The number of carbonyl (C=O) groups is 1. The first-order valence-electron chi connectivity index (χ1n) is 6.65. The van der Waals surface area contributed by atoms with E-state index in [4.69, 9.17) is 9.92 Å². The molecule has 0 saturated heterocycles. The minimum atomic E-state index is -4.25. The van der Waals surface area contributed by atoms with Gasteiger partial charge >= 0.3 is 16.3 Å². The monoisotopic (exact) mass is 337 g/mol. The second-order valence-corrected chi connectivity index (χ2v) is 5.93. The van der Waals surface area contributed by atoms with Crippen molar-refractivity contribution in [2.45, 2.75) is 6.54 Å². The summed E-state index contributed by atoms with van der Waals surface area (Å²) in [6.45, 7) is -0.0515. The number of aryl methyl sites for hydroxylation is 1. The summed E-state index contributed by atoms with van der Waals surface area (Å²) in [5, 5.41) is 0.758. The van der Waals surface area contributed by atoms with E-state index in [0.29, 0.717) is 5.69 Å². The third kappa shape index (κ3) is 4.94. The van der Waals surface area contributed by atoms with Crippen LogP contribution in [0.5, 0.6) is 5.75 Å². The number of amides is 2. The number of benzene rings is 1. The molecule has 1 heterocycles. The molecule has 0 atom stereocenters. The summed E-state index contributed by atoms with van der Waals surface area (Å²) in [6.07, 6.45) is 1.77. The van der Waals surface area contributed by atoms with Gasteiger partial charge < -0.3 is 9.92 Å². The standard InChI is InChI=1S/C14H16N4O4S/c1-17-10-6-5-7-12(17)11-18(14(15)19)16-23(20,21)22-13-8-3-2-4-9-13/h2-10,16H,11H2,1H3,(H-,15,19)/p+1. The molecule has 8 nitrogen and oxygen atoms in total. The molecule has 0 saturated carbocycles. The number of hydrogen-bond donors (Lipinski definition) is 2. The second kappa shape index (κ2) is 7.07. The molecular formula is C14H17N4O4S+. The predicted molar refractivity (Wildman–Crippen MR) is 81.9 cm³/mol. The zero-order chi connectivity index (χ0) is 16.9. The van der Waals surface area contributed by atoms with Gasteiger partial charge in [-0.25, -0.2) is 14.4 Å². The Morgan fingerprint density at radius 2 is 1.87 bits per heavy atom. The number of nitrogens with two attached hydrogens (primary N) is 1. The van der Waals surface area contributed by atoms with Crippen molar-refractivity contribution in [3.05, 3.63) is 60.4 Å². The van der Waals surface area contributed by atoms with Gasteiger partial charge in [0, 0.05) is 12.1 Å². The first-order chi connectivity index (χ1) is 10.9. The van der Waals surface area contributed by atoms with Gasteiger partial charge in [-0.2, -0.15) is 8.42 Å². The Labute approximate surface area is 134 Å². The highest BCUT2D eigenvalue weighted by Gasteiger charge is 2.23. The first kappa shape index (κ1) is 16.7. The number of para-hydroxylation sites is 1. The number of hydrogen-bond acceptors (Lipinski definition) is 4. The molecule has 2 aromatic rings. The van der Waals surface area contributed by atoms with Gasteiger partial charge in [-0.3, -0.25) is 0 Å². The predicted octanol–water partition coefficient (Wildman–Crippen LogP) is 0.220. The van der Waals surface area contributed by atoms with E-state index in [1.807, 2.05) is 4.83 Å². The molecule has 0 fully saturated rings. The van der Waals surface area contributed by atoms with Gasteiger partial charge in [0.05, 0.1) is 0 Å². The van der Waals surface area contributed by atoms with E-state index in [1.165, 1.54) is 12.1 Å². The summed E-state index contributed by atoms with van der Waals surface area (Å²) >= 11 is 0. The van der Waals surface area contributed by atoms with E-state index in [9.17, 15) is 13.2 Å². The lowest BCUT2D eigenvalue weighted by atomic mass is 10.3. The Kier molecular flexibility index (Phi) is 5.14. The quantitative estimate of drug-likeness (QED) is 0.581. The number of nitrogens with one attached hydrogen (secondary N) is 1. The maximum absolute atomic E-state index is 12.0.